The highest BCUT2D eigenvalue weighted by molar-refractivity contribution is 6.35. The Morgan fingerprint density at radius 1 is 1.32 bits per heavy atom. The van der Waals surface area contributed by atoms with E-state index in [2.05, 4.69) is 9.97 Å². The molecule has 0 radical (unpaired) electrons. The third-order valence-electron chi connectivity index (χ3n) is 2.38. The number of aldehydes is 1. The Morgan fingerprint density at radius 3 is 2.79 bits per heavy atom. The maximum absolute atomic E-state index is 10.9. The molecular weight excluding hydrogens is 289 g/mol. The van der Waals surface area contributed by atoms with Crippen molar-refractivity contribution in [3.63, 3.8) is 0 Å². The van der Waals surface area contributed by atoms with Crippen LogP contribution in [0.15, 0.2) is 24.5 Å². The van der Waals surface area contributed by atoms with Crippen LogP contribution >= 0.6 is 23.2 Å². The molecule has 1 aromatic heterocycles. The van der Waals surface area contributed by atoms with Crippen LogP contribution in [-0.2, 0) is 6.61 Å². The first-order chi connectivity index (χ1) is 9.11. The van der Waals surface area contributed by atoms with Crippen molar-refractivity contribution in [2.24, 2.45) is 0 Å². The first-order valence-corrected chi connectivity index (χ1v) is 5.99. The molecular formula is C12H9Cl2N3O2. The fourth-order valence-corrected chi connectivity index (χ4v) is 1.87. The number of hydrogen-bond donors (Lipinski definition) is 1. The van der Waals surface area contributed by atoms with Crippen molar-refractivity contribution in [3.05, 3.63) is 45.7 Å². The molecule has 1 aromatic carbocycles. The molecule has 98 valence electrons. The van der Waals surface area contributed by atoms with Gasteiger partial charge in [0.2, 0.25) is 5.88 Å². The number of anilines is 1. The van der Waals surface area contributed by atoms with Crippen LogP contribution in [0.2, 0.25) is 10.0 Å². The number of halogens is 2. The number of nitrogens with zero attached hydrogens (tertiary/aromatic N) is 2. The monoisotopic (exact) mass is 297 g/mol. The minimum absolute atomic E-state index is 0.0715. The second kappa shape index (κ2) is 5.86. The van der Waals surface area contributed by atoms with Crippen molar-refractivity contribution >= 4 is 35.3 Å². The number of carbonyl (C=O) groups excluding carboxylic acids is 1. The van der Waals surface area contributed by atoms with Crippen molar-refractivity contribution in [3.8, 4) is 5.88 Å². The van der Waals surface area contributed by atoms with E-state index in [1.54, 1.807) is 18.2 Å². The summed E-state index contributed by atoms with van der Waals surface area (Å²) < 4.78 is 5.43. The van der Waals surface area contributed by atoms with E-state index in [0.29, 0.717) is 16.3 Å². The number of nitrogens with two attached hydrogens (primary N) is 1. The zero-order valence-corrected chi connectivity index (χ0v) is 11.1. The summed E-state index contributed by atoms with van der Waals surface area (Å²) in [6.45, 7) is 0.146. The number of hydrogen-bond acceptors (Lipinski definition) is 5. The summed E-state index contributed by atoms with van der Waals surface area (Å²) >= 11 is 11.8. The lowest BCUT2D eigenvalue weighted by atomic mass is 10.2. The Bertz CT molecular complexity index is 620. The topological polar surface area (TPSA) is 78.1 Å². The third-order valence-corrected chi connectivity index (χ3v) is 2.96. The molecule has 2 N–H and O–H groups in total. The fourth-order valence-electron chi connectivity index (χ4n) is 1.40. The van der Waals surface area contributed by atoms with Crippen LogP contribution in [0, 0.1) is 0 Å². The van der Waals surface area contributed by atoms with Crippen LogP contribution in [-0.4, -0.2) is 16.3 Å². The minimum Gasteiger partial charge on any atom is -0.472 e. The van der Waals surface area contributed by atoms with Crippen LogP contribution in [0.3, 0.4) is 0 Å². The van der Waals surface area contributed by atoms with Gasteiger partial charge < -0.3 is 10.5 Å². The maximum atomic E-state index is 10.9. The lowest BCUT2D eigenvalue weighted by molar-refractivity contribution is 0.111. The number of ether oxygens (including phenoxy) is 1. The fraction of sp³-hybridized carbons (Fsp3) is 0.0833. The van der Waals surface area contributed by atoms with E-state index in [9.17, 15) is 4.79 Å². The summed E-state index contributed by atoms with van der Waals surface area (Å²) in [5.41, 5.74) is 6.39. The summed E-state index contributed by atoms with van der Waals surface area (Å²) in [6.07, 6.45) is 1.77. The number of rotatable bonds is 4. The van der Waals surface area contributed by atoms with Gasteiger partial charge in [0.1, 0.15) is 24.3 Å². The number of benzene rings is 1. The molecule has 0 aliphatic rings. The molecule has 5 nitrogen and oxygen atoms in total. The van der Waals surface area contributed by atoms with E-state index in [1.165, 1.54) is 6.33 Å². The van der Waals surface area contributed by atoms with Gasteiger partial charge in [-0.1, -0.05) is 29.3 Å². The van der Waals surface area contributed by atoms with Gasteiger partial charge in [-0.15, -0.1) is 0 Å². The molecule has 2 rings (SSSR count). The van der Waals surface area contributed by atoms with Gasteiger partial charge in [-0.2, -0.15) is 0 Å². The number of aromatic nitrogens is 2. The van der Waals surface area contributed by atoms with Gasteiger partial charge in [0.05, 0.1) is 0 Å². The molecule has 19 heavy (non-hydrogen) atoms. The Kier molecular flexibility index (Phi) is 4.19. The van der Waals surface area contributed by atoms with Crippen molar-refractivity contribution in [2.75, 3.05) is 5.73 Å². The summed E-state index contributed by atoms with van der Waals surface area (Å²) in [7, 11) is 0. The van der Waals surface area contributed by atoms with Gasteiger partial charge in [0.25, 0.3) is 0 Å². The highest BCUT2D eigenvalue weighted by Crippen LogP contribution is 2.23. The highest BCUT2D eigenvalue weighted by atomic mass is 35.5. The molecule has 7 heteroatoms. The molecule has 0 saturated heterocycles. The van der Waals surface area contributed by atoms with Crippen LogP contribution in [0.1, 0.15) is 15.9 Å². The molecule has 0 fully saturated rings. The standard InChI is InChI=1S/C12H9Cl2N3O2/c13-8-2-1-7(10(14)3-8)5-19-12-9(4-18)11(15)16-6-17-12/h1-4,6H,5H2,(H2,15,16,17). The van der Waals surface area contributed by atoms with E-state index in [0.717, 1.165) is 5.56 Å². The van der Waals surface area contributed by atoms with E-state index in [-0.39, 0.29) is 23.9 Å². The lowest BCUT2D eigenvalue weighted by Crippen LogP contribution is -2.05. The average molecular weight is 298 g/mol. The average Bonchev–Trinajstić information content (AvgIpc) is 2.38. The first kappa shape index (κ1) is 13.6. The van der Waals surface area contributed by atoms with Crippen molar-refractivity contribution < 1.29 is 9.53 Å². The SMILES string of the molecule is Nc1ncnc(OCc2ccc(Cl)cc2Cl)c1C=O. The smallest absolute Gasteiger partial charge is 0.229 e. The van der Waals surface area contributed by atoms with Gasteiger partial charge in [-0.05, 0) is 12.1 Å². The van der Waals surface area contributed by atoms with Gasteiger partial charge in [0.15, 0.2) is 6.29 Å². The Hall–Kier alpha value is -1.85. The first-order valence-electron chi connectivity index (χ1n) is 5.24. The number of carbonyl (C=O) groups is 1. The molecule has 0 amide bonds. The largest absolute Gasteiger partial charge is 0.472 e. The molecule has 2 aromatic rings. The highest BCUT2D eigenvalue weighted by Gasteiger charge is 2.10. The quantitative estimate of drug-likeness (QED) is 0.878. The minimum atomic E-state index is 0.0715. The molecule has 0 spiro atoms. The maximum Gasteiger partial charge on any atom is 0.229 e. The molecule has 0 bridgehead atoms. The van der Waals surface area contributed by atoms with Crippen LogP contribution < -0.4 is 10.5 Å². The zero-order chi connectivity index (χ0) is 13.8. The van der Waals surface area contributed by atoms with Gasteiger partial charge >= 0.3 is 0 Å². The van der Waals surface area contributed by atoms with E-state index >= 15 is 0 Å². The summed E-state index contributed by atoms with van der Waals surface area (Å²) in [5.74, 6) is 0.190. The van der Waals surface area contributed by atoms with Gasteiger partial charge in [0, 0.05) is 15.6 Å². The van der Waals surface area contributed by atoms with Crippen LogP contribution in [0.5, 0.6) is 5.88 Å². The molecule has 1 heterocycles. The van der Waals surface area contributed by atoms with Crippen LogP contribution in [0.4, 0.5) is 5.82 Å². The third kappa shape index (κ3) is 3.13. The van der Waals surface area contributed by atoms with Crippen LogP contribution in [0.25, 0.3) is 0 Å². The van der Waals surface area contributed by atoms with E-state index in [4.69, 9.17) is 33.7 Å². The molecule has 0 aliphatic carbocycles. The van der Waals surface area contributed by atoms with Crippen molar-refractivity contribution in [1.82, 2.24) is 9.97 Å². The van der Waals surface area contributed by atoms with Crippen molar-refractivity contribution in [1.29, 1.82) is 0 Å². The van der Waals surface area contributed by atoms with E-state index in [1.807, 2.05) is 0 Å². The molecule has 0 aliphatic heterocycles. The predicted octanol–water partition coefficient (Wildman–Crippen LogP) is 2.76. The number of nitrogen functional groups attached to an aromatic ring is 1. The van der Waals surface area contributed by atoms with Crippen molar-refractivity contribution in [2.45, 2.75) is 6.61 Å². The normalized spacial score (nSPS) is 10.2. The van der Waals surface area contributed by atoms with Gasteiger partial charge in [-0.3, -0.25) is 4.79 Å². The summed E-state index contributed by atoms with van der Waals surface area (Å²) in [4.78, 5) is 18.5. The zero-order valence-electron chi connectivity index (χ0n) is 9.64. The van der Waals surface area contributed by atoms with Gasteiger partial charge in [-0.25, -0.2) is 9.97 Å². The molecule has 0 atom stereocenters. The Labute approximate surface area is 119 Å². The molecule has 0 saturated carbocycles. The lowest BCUT2D eigenvalue weighted by Gasteiger charge is -2.09. The predicted molar refractivity (Wildman–Crippen MR) is 72.6 cm³/mol. The summed E-state index contributed by atoms with van der Waals surface area (Å²) in [5, 5.41) is 1.01. The Balaban J connectivity index is 2.19. The Morgan fingerprint density at radius 2 is 2.11 bits per heavy atom. The summed E-state index contributed by atoms with van der Waals surface area (Å²) in [6, 6.07) is 5.04. The second-order valence-electron chi connectivity index (χ2n) is 3.62. The molecule has 0 unspecified atom stereocenters. The second-order valence-corrected chi connectivity index (χ2v) is 4.46. The van der Waals surface area contributed by atoms with E-state index < -0.39 is 0 Å².